The molecule has 98 valence electrons. The Balaban J connectivity index is 2.39. The molecule has 18 heavy (non-hydrogen) atoms. The number of rotatable bonds is 4. The van der Waals surface area contributed by atoms with E-state index in [1.165, 1.54) is 0 Å². The first-order valence-corrected chi connectivity index (χ1v) is 6.01. The van der Waals surface area contributed by atoms with Gasteiger partial charge in [-0.15, -0.1) is 0 Å². The number of halogens is 1. The molecular formula is C13H15ClO4. The van der Waals surface area contributed by atoms with Crippen LogP contribution in [0.5, 0.6) is 0 Å². The van der Waals surface area contributed by atoms with Gasteiger partial charge in [0.05, 0.1) is 13.2 Å². The number of hydrogen-bond donors (Lipinski definition) is 0. The largest absolute Gasteiger partial charge is 0.458 e. The van der Waals surface area contributed by atoms with Crippen LogP contribution in [0.3, 0.4) is 0 Å². The van der Waals surface area contributed by atoms with Gasteiger partial charge in [-0.1, -0.05) is 23.7 Å². The SMILES string of the molecule is CCOC(=O)C(=O)OCCc1ccc(Cl)c(C)c1. The molecular weight excluding hydrogens is 256 g/mol. The molecule has 0 fully saturated rings. The molecule has 0 amide bonds. The summed E-state index contributed by atoms with van der Waals surface area (Å²) in [5.74, 6) is -1.91. The molecule has 1 aromatic rings. The van der Waals surface area contributed by atoms with E-state index >= 15 is 0 Å². The zero-order chi connectivity index (χ0) is 13.5. The fourth-order valence-electron chi connectivity index (χ4n) is 1.37. The summed E-state index contributed by atoms with van der Waals surface area (Å²) in [7, 11) is 0. The number of esters is 2. The van der Waals surface area contributed by atoms with Gasteiger partial charge >= 0.3 is 11.9 Å². The molecule has 0 radical (unpaired) electrons. The second kappa shape index (κ2) is 7.01. The summed E-state index contributed by atoms with van der Waals surface area (Å²) in [6, 6.07) is 5.56. The highest BCUT2D eigenvalue weighted by atomic mass is 35.5. The van der Waals surface area contributed by atoms with Crippen LogP contribution in [-0.2, 0) is 25.5 Å². The van der Waals surface area contributed by atoms with Gasteiger partial charge in [0.15, 0.2) is 0 Å². The number of benzene rings is 1. The Morgan fingerprint density at radius 3 is 2.50 bits per heavy atom. The van der Waals surface area contributed by atoms with Gasteiger partial charge in [0, 0.05) is 11.4 Å². The standard InChI is InChI=1S/C13H15ClO4/c1-3-17-12(15)13(16)18-7-6-10-4-5-11(14)9(2)8-10/h4-5,8H,3,6-7H2,1-2H3. The molecule has 4 nitrogen and oxygen atoms in total. The molecule has 0 aromatic heterocycles. The van der Waals surface area contributed by atoms with Crippen LogP contribution in [0, 0.1) is 6.92 Å². The van der Waals surface area contributed by atoms with Gasteiger partial charge in [0.1, 0.15) is 0 Å². The number of ether oxygens (including phenoxy) is 2. The van der Waals surface area contributed by atoms with Crippen molar-refractivity contribution in [3.05, 3.63) is 34.3 Å². The molecule has 0 atom stereocenters. The van der Waals surface area contributed by atoms with E-state index in [0.29, 0.717) is 11.4 Å². The normalized spacial score (nSPS) is 9.94. The topological polar surface area (TPSA) is 52.6 Å². The van der Waals surface area contributed by atoms with Crippen molar-refractivity contribution in [1.29, 1.82) is 0 Å². The van der Waals surface area contributed by atoms with E-state index in [2.05, 4.69) is 4.74 Å². The predicted molar refractivity (Wildman–Crippen MR) is 67.5 cm³/mol. The minimum atomic E-state index is -0.956. The lowest BCUT2D eigenvalue weighted by atomic mass is 10.1. The number of carbonyl (C=O) groups is 2. The molecule has 0 saturated heterocycles. The molecule has 0 heterocycles. The minimum absolute atomic E-state index is 0.138. The maximum atomic E-state index is 11.1. The third-order valence-corrected chi connectivity index (χ3v) is 2.71. The number of aryl methyl sites for hydroxylation is 1. The Morgan fingerprint density at radius 2 is 1.89 bits per heavy atom. The summed E-state index contributed by atoms with van der Waals surface area (Å²) >= 11 is 5.89. The maximum absolute atomic E-state index is 11.1. The molecule has 5 heteroatoms. The van der Waals surface area contributed by atoms with Crippen LogP contribution >= 0.6 is 11.6 Å². The highest BCUT2D eigenvalue weighted by molar-refractivity contribution is 6.31. The fourth-order valence-corrected chi connectivity index (χ4v) is 1.49. The van der Waals surface area contributed by atoms with Crippen LogP contribution in [0.4, 0.5) is 0 Å². The summed E-state index contributed by atoms with van der Waals surface area (Å²) in [5.41, 5.74) is 1.96. The molecule has 0 saturated carbocycles. The Bertz CT molecular complexity index is 443. The third kappa shape index (κ3) is 4.37. The smallest absolute Gasteiger partial charge is 0.417 e. The van der Waals surface area contributed by atoms with Gasteiger partial charge in [0.2, 0.25) is 0 Å². The highest BCUT2D eigenvalue weighted by Gasteiger charge is 2.15. The summed E-state index contributed by atoms with van der Waals surface area (Å²) in [6.07, 6.45) is 0.531. The van der Waals surface area contributed by atoms with Crippen molar-refractivity contribution in [3.63, 3.8) is 0 Å². The molecule has 0 bridgehead atoms. The van der Waals surface area contributed by atoms with Crippen LogP contribution < -0.4 is 0 Å². The van der Waals surface area contributed by atoms with E-state index in [1.807, 2.05) is 19.1 Å². The van der Waals surface area contributed by atoms with Crippen molar-refractivity contribution < 1.29 is 19.1 Å². The van der Waals surface area contributed by atoms with Crippen molar-refractivity contribution >= 4 is 23.5 Å². The molecule has 1 rings (SSSR count). The lowest BCUT2D eigenvalue weighted by Crippen LogP contribution is -2.21. The van der Waals surface area contributed by atoms with Gasteiger partial charge in [0.25, 0.3) is 0 Å². The van der Waals surface area contributed by atoms with Crippen molar-refractivity contribution in [1.82, 2.24) is 0 Å². The highest BCUT2D eigenvalue weighted by Crippen LogP contribution is 2.16. The summed E-state index contributed by atoms with van der Waals surface area (Å²) in [6.45, 7) is 3.82. The molecule has 0 aliphatic rings. The second-order valence-corrected chi connectivity index (χ2v) is 4.10. The third-order valence-electron chi connectivity index (χ3n) is 2.29. The van der Waals surface area contributed by atoms with Crippen LogP contribution in [0.2, 0.25) is 5.02 Å². The van der Waals surface area contributed by atoms with E-state index in [1.54, 1.807) is 13.0 Å². The number of carbonyl (C=O) groups excluding carboxylic acids is 2. The van der Waals surface area contributed by atoms with Crippen molar-refractivity contribution in [2.45, 2.75) is 20.3 Å². The maximum Gasteiger partial charge on any atom is 0.417 e. The van der Waals surface area contributed by atoms with E-state index in [9.17, 15) is 9.59 Å². The Morgan fingerprint density at radius 1 is 1.22 bits per heavy atom. The second-order valence-electron chi connectivity index (χ2n) is 3.69. The molecule has 0 N–H and O–H groups in total. The van der Waals surface area contributed by atoms with E-state index in [-0.39, 0.29) is 13.2 Å². The first-order valence-electron chi connectivity index (χ1n) is 5.63. The average molecular weight is 271 g/mol. The summed E-state index contributed by atoms with van der Waals surface area (Å²) < 4.78 is 9.29. The monoisotopic (exact) mass is 270 g/mol. The van der Waals surface area contributed by atoms with Gasteiger partial charge in [-0.3, -0.25) is 0 Å². The summed E-state index contributed by atoms with van der Waals surface area (Å²) in [5, 5.41) is 0.697. The van der Waals surface area contributed by atoms with Gasteiger partial charge < -0.3 is 9.47 Å². The van der Waals surface area contributed by atoms with E-state index < -0.39 is 11.9 Å². The lowest BCUT2D eigenvalue weighted by Gasteiger charge is -2.05. The Hall–Kier alpha value is -1.55. The molecule has 0 spiro atoms. The quantitative estimate of drug-likeness (QED) is 0.622. The number of hydrogen-bond acceptors (Lipinski definition) is 4. The lowest BCUT2D eigenvalue weighted by molar-refractivity contribution is -0.167. The van der Waals surface area contributed by atoms with Gasteiger partial charge in [-0.2, -0.15) is 0 Å². The van der Waals surface area contributed by atoms with E-state index in [0.717, 1.165) is 11.1 Å². The molecule has 0 aliphatic heterocycles. The Labute approximate surface area is 111 Å². The first-order chi connectivity index (χ1) is 8.54. The van der Waals surface area contributed by atoms with Gasteiger partial charge in [-0.05, 0) is 31.0 Å². The summed E-state index contributed by atoms with van der Waals surface area (Å²) in [4.78, 5) is 22.1. The zero-order valence-electron chi connectivity index (χ0n) is 10.4. The molecule has 1 aromatic carbocycles. The van der Waals surface area contributed by atoms with Crippen molar-refractivity contribution in [2.24, 2.45) is 0 Å². The first kappa shape index (κ1) is 14.5. The van der Waals surface area contributed by atoms with E-state index in [4.69, 9.17) is 16.3 Å². The van der Waals surface area contributed by atoms with Crippen LogP contribution in [0.1, 0.15) is 18.1 Å². The van der Waals surface area contributed by atoms with Crippen molar-refractivity contribution in [2.75, 3.05) is 13.2 Å². The van der Waals surface area contributed by atoms with Crippen LogP contribution in [0.25, 0.3) is 0 Å². The minimum Gasteiger partial charge on any atom is -0.458 e. The molecule has 0 aliphatic carbocycles. The zero-order valence-corrected chi connectivity index (χ0v) is 11.1. The Kier molecular flexibility index (Phi) is 5.65. The fraction of sp³-hybridized carbons (Fsp3) is 0.385. The average Bonchev–Trinajstić information content (AvgIpc) is 2.34. The van der Waals surface area contributed by atoms with Crippen LogP contribution in [-0.4, -0.2) is 25.2 Å². The van der Waals surface area contributed by atoms with Crippen molar-refractivity contribution in [3.8, 4) is 0 Å². The van der Waals surface area contributed by atoms with Crippen LogP contribution in [0.15, 0.2) is 18.2 Å². The molecule has 0 unspecified atom stereocenters. The predicted octanol–water partition coefficient (Wildman–Crippen LogP) is 2.30. The van der Waals surface area contributed by atoms with Gasteiger partial charge in [-0.25, -0.2) is 9.59 Å².